The highest BCUT2D eigenvalue weighted by atomic mass is 35.5. The zero-order valence-corrected chi connectivity index (χ0v) is 19.0. The quantitative estimate of drug-likeness (QED) is 0.353. The van der Waals surface area contributed by atoms with Crippen molar-refractivity contribution in [1.29, 1.82) is 5.26 Å². The lowest BCUT2D eigenvalue weighted by Gasteiger charge is -2.23. The van der Waals surface area contributed by atoms with Crippen LogP contribution >= 0.6 is 11.6 Å². The number of aromatic amines is 1. The van der Waals surface area contributed by atoms with E-state index in [-0.39, 0.29) is 33.6 Å². The first-order valence-electron chi connectivity index (χ1n) is 10.4. The van der Waals surface area contributed by atoms with Crippen LogP contribution in [0.25, 0.3) is 10.9 Å². The number of carbonyl (C=O) groups excluding carboxylic acids is 2. The van der Waals surface area contributed by atoms with E-state index < -0.39 is 58.4 Å². The van der Waals surface area contributed by atoms with Crippen LogP contribution in [0.2, 0.25) is 5.02 Å². The fourth-order valence-electron chi connectivity index (χ4n) is 3.63. The van der Waals surface area contributed by atoms with Crippen molar-refractivity contribution in [2.24, 2.45) is 0 Å². The Bertz CT molecular complexity index is 1450. The second kappa shape index (κ2) is 8.95. The van der Waals surface area contributed by atoms with Gasteiger partial charge in [0.2, 0.25) is 0 Å². The third kappa shape index (κ3) is 5.34. The van der Waals surface area contributed by atoms with Gasteiger partial charge in [-0.15, -0.1) is 0 Å². The predicted octanol–water partition coefficient (Wildman–Crippen LogP) is 5.80. The smallest absolute Gasteiger partial charge is 0.350 e. The van der Waals surface area contributed by atoms with Crippen LogP contribution < -0.4 is 10.6 Å². The van der Waals surface area contributed by atoms with E-state index in [9.17, 15) is 40.3 Å². The molecule has 0 radical (unpaired) electrons. The number of alkyl halides is 6. The summed E-state index contributed by atoms with van der Waals surface area (Å²) in [5.41, 5.74) is -4.20. The second-order valence-electron chi connectivity index (χ2n) is 8.44. The highest BCUT2D eigenvalue weighted by Crippen LogP contribution is 2.38. The molecule has 0 bridgehead atoms. The van der Waals surface area contributed by atoms with E-state index in [2.05, 4.69) is 10.3 Å². The first-order valence-corrected chi connectivity index (χ1v) is 10.8. The number of carbonyl (C=O) groups is 2. The van der Waals surface area contributed by atoms with Gasteiger partial charge in [0.1, 0.15) is 17.1 Å². The van der Waals surface area contributed by atoms with E-state index in [1.165, 1.54) is 12.1 Å². The van der Waals surface area contributed by atoms with Gasteiger partial charge in [0.15, 0.2) is 6.04 Å². The molecule has 1 aromatic heterocycles. The minimum Gasteiger partial charge on any atom is -0.350 e. The first-order chi connectivity index (χ1) is 17.1. The Kier molecular flexibility index (Phi) is 6.36. The number of fused-ring (bicyclic) bond motifs is 1. The van der Waals surface area contributed by atoms with Crippen molar-refractivity contribution in [1.82, 2.24) is 15.6 Å². The molecule has 0 aliphatic heterocycles. The van der Waals surface area contributed by atoms with Crippen molar-refractivity contribution in [3.05, 3.63) is 69.6 Å². The minimum absolute atomic E-state index is 0.0164. The van der Waals surface area contributed by atoms with E-state index in [4.69, 9.17) is 16.9 Å². The summed E-state index contributed by atoms with van der Waals surface area (Å²) in [5.74, 6) is -3.76. The van der Waals surface area contributed by atoms with Gasteiger partial charge in [0, 0.05) is 10.9 Å². The summed E-state index contributed by atoms with van der Waals surface area (Å²) < 4.78 is 93.7. The fraction of sp³-hybridized carbons (Fsp3) is 0.261. The van der Waals surface area contributed by atoms with Gasteiger partial charge in [-0.25, -0.2) is 4.39 Å². The summed E-state index contributed by atoms with van der Waals surface area (Å²) in [5, 5.41) is 13.4. The largest absolute Gasteiger partial charge is 0.419 e. The van der Waals surface area contributed by atoms with Gasteiger partial charge in [-0.2, -0.15) is 31.6 Å². The Balaban J connectivity index is 1.63. The molecule has 1 aliphatic rings. The number of benzene rings is 2. The number of nitrogens with one attached hydrogen (secondary N) is 3. The van der Waals surface area contributed by atoms with Crippen LogP contribution in [-0.4, -0.2) is 28.5 Å². The number of nitriles is 1. The van der Waals surface area contributed by atoms with Crippen LogP contribution in [0.1, 0.15) is 50.9 Å². The molecule has 14 heteroatoms. The van der Waals surface area contributed by atoms with E-state index in [0.717, 1.165) is 6.07 Å². The summed E-state index contributed by atoms with van der Waals surface area (Å²) in [6, 6.07) is 3.44. The Hall–Kier alpha value is -3.79. The van der Waals surface area contributed by atoms with Crippen molar-refractivity contribution >= 4 is 34.3 Å². The van der Waals surface area contributed by atoms with Crippen molar-refractivity contribution < 1.29 is 40.3 Å². The summed E-state index contributed by atoms with van der Waals surface area (Å²) in [4.78, 5) is 27.7. The third-order valence-electron chi connectivity index (χ3n) is 5.75. The van der Waals surface area contributed by atoms with Crippen LogP contribution in [0.3, 0.4) is 0 Å². The summed E-state index contributed by atoms with van der Waals surface area (Å²) in [6.45, 7) is 0. The molecular weight excluding hydrogens is 533 g/mol. The van der Waals surface area contributed by atoms with E-state index in [0.29, 0.717) is 18.9 Å². The van der Waals surface area contributed by atoms with Crippen LogP contribution in [0, 0.1) is 17.1 Å². The molecule has 4 rings (SSSR count). The molecule has 1 atom stereocenters. The molecule has 1 saturated carbocycles. The third-order valence-corrected chi connectivity index (χ3v) is 6.06. The molecule has 2 amide bonds. The molecular formula is C23H14ClF7N4O2. The number of aromatic nitrogens is 1. The molecule has 2 aromatic carbocycles. The topological polar surface area (TPSA) is 97.8 Å². The van der Waals surface area contributed by atoms with Crippen molar-refractivity contribution in [3.8, 4) is 6.07 Å². The maximum atomic E-state index is 13.7. The zero-order valence-electron chi connectivity index (χ0n) is 18.2. The van der Waals surface area contributed by atoms with Crippen molar-refractivity contribution in [3.63, 3.8) is 0 Å². The van der Waals surface area contributed by atoms with Crippen LogP contribution in [0.4, 0.5) is 30.7 Å². The molecule has 0 spiro atoms. The summed E-state index contributed by atoms with van der Waals surface area (Å²) in [7, 11) is 0. The number of hydrogen-bond acceptors (Lipinski definition) is 3. The van der Waals surface area contributed by atoms with Gasteiger partial charge in [-0.3, -0.25) is 9.59 Å². The van der Waals surface area contributed by atoms with Crippen molar-refractivity contribution in [2.75, 3.05) is 0 Å². The lowest BCUT2D eigenvalue weighted by molar-refractivity contribution is -0.156. The predicted molar refractivity (Wildman–Crippen MR) is 116 cm³/mol. The maximum absolute atomic E-state index is 13.7. The number of rotatable bonds is 5. The Labute approximate surface area is 208 Å². The van der Waals surface area contributed by atoms with Crippen LogP contribution in [-0.2, 0) is 6.18 Å². The molecule has 6 nitrogen and oxygen atoms in total. The molecule has 1 fully saturated rings. The highest BCUT2D eigenvalue weighted by Gasteiger charge is 2.45. The summed E-state index contributed by atoms with van der Waals surface area (Å²) in [6.07, 6.45) is -9.56. The van der Waals surface area contributed by atoms with Gasteiger partial charge >= 0.3 is 12.4 Å². The number of hydrogen-bond donors (Lipinski definition) is 3. The average Bonchev–Trinajstić information content (AvgIpc) is 3.44. The molecule has 37 heavy (non-hydrogen) atoms. The van der Waals surface area contributed by atoms with Gasteiger partial charge in [-0.05, 0) is 48.7 Å². The van der Waals surface area contributed by atoms with E-state index in [1.807, 2.05) is 6.07 Å². The Morgan fingerprint density at radius 2 is 1.73 bits per heavy atom. The average molecular weight is 547 g/mol. The lowest BCUT2D eigenvalue weighted by Crippen LogP contribution is -2.38. The molecule has 194 valence electrons. The fourth-order valence-corrected chi connectivity index (χ4v) is 3.88. The minimum atomic E-state index is -5.26. The number of halogens is 8. The molecule has 1 aliphatic carbocycles. The van der Waals surface area contributed by atoms with Crippen LogP contribution in [0.15, 0.2) is 36.4 Å². The molecule has 1 unspecified atom stereocenters. The Morgan fingerprint density at radius 3 is 2.30 bits per heavy atom. The number of amides is 2. The van der Waals surface area contributed by atoms with Gasteiger partial charge < -0.3 is 15.6 Å². The van der Waals surface area contributed by atoms with Gasteiger partial charge in [0.25, 0.3) is 11.8 Å². The van der Waals surface area contributed by atoms with E-state index in [1.54, 1.807) is 5.32 Å². The monoisotopic (exact) mass is 546 g/mol. The molecule has 1 heterocycles. The first kappa shape index (κ1) is 26.3. The zero-order chi connectivity index (χ0) is 27.3. The molecule has 3 N–H and O–H groups in total. The summed E-state index contributed by atoms with van der Waals surface area (Å²) >= 11 is 6.13. The maximum Gasteiger partial charge on any atom is 0.419 e. The van der Waals surface area contributed by atoms with Gasteiger partial charge in [-0.1, -0.05) is 17.7 Å². The molecule has 3 aromatic rings. The lowest BCUT2D eigenvalue weighted by atomic mass is 10.0. The van der Waals surface area contributed by atoms with Crippen molar-refractivity contribution in [2.45, 2.75) is 36.8 Å². The van der Waals surface area contributed by atoms with E-state index >= 15 is 0 Å². The number of H-pyrrole nitrogens is 1. The SMILES string of the molecule is N#CC1(NC(=O)c2cc3cc(C(=O)NC(c4ccc(F)c(C(F)(F)F)c4)C(F)(F)F)[nH]c3cc2Cl)CC1. The normalized spacial score (nSPS) is 15.6. The highest BCUT2D eigenvalue weighted by molar-refractivity contribution is 6.34. The second-order valence-corrected chi connectivity index (χ2v) is 8.84. The Morgan fingerprint density at radius 1 is 1.05 bits per heavy atom. The van der Waals surface area contributed by atoms with Gasteiger partial charge in [0.05, 0.1) is 22.2 Å². The standard InChI is InChI=1S/C23H14ClF7N4O2/c24-14-8-16-11(5-12(14)19(36)35-21(9-32)3-4-21)7-17(33-16)20(37)34-18(23(29,30)31)10-1-2-15(25)13(6-10)22(26,27)28/h1-2,5-8,18,33H,3-4H2,(H,34,37)(H,35,36). The molecule has 0 saturated heterocycles. The van der Waals surface area contributed by atoms with Crippen LogP contribution in [0.5, 0.6) is 0 Å². The number of nitrogens with zero attached hydrogens (tertiary/aromatic N) is 1.